The number of nitrogen functional groups attached to an aromatic ring is 1. The Bertz CT molecular complexity index is 1440. The molecule has 2 aromatic heterocycles. The summed E-state index contributed by atoms with van der Waals surface area (Å²) in [5.74, 6) is -0.825. The standard InChI is InChI=1S/C31H33N5O3/c1-21-5-8-24(9-6-21)25-3-2-4-26(16-25)30(37)36-13-11-22(12-14-36)18-35-19-28(34-20-35)27(31(38)39)15-23-7-10-29(32)33-17-23/h2-10,16-17,19-20,22,27H,11-15,18H2,1H3,(H2,32,33)(H,38,39). The van der Waals surface area contributed by atoms with E-state index in [-0.39, 0.29) is 5.91 Å². The number of amides is 1. The molecule has 39 heavy (non-hydrogen) atoms. The van der Waals surface area contributed by atoms with Crippen molar-refractivity contribution in [2.45, 2.75) is 38.6 Å². The molecule has 0 bridgehead atoms. The minimum absolute atomic E-state index is 0.0637. The van der Waals surface area contributed by atoms with E-state index < -0.39 is 11.9 Å². The second kappa shape index (κ2) is 11.5. The number of carbonyl (C=O) groups is 2. The third-order valence-electron chi connectivity index (χ3n) is 7.46. The van der Waals surface area contributed by atoms with Crippen molar-refractivity contribution in [3.8, 4) is 11.1 Å². The lowest BCUT2D eigenvalue weighted by molar-refractivity contribution is -0.138. The lowest BCUT2D eigenvalue weighted by atomic mass is 9.95. The second-order valence-electron chi connectivity index (χ2n) is 10.4. The summed E-state index contributed by atoms with van der Waals surface area (Å²) < 4.78 is 1.97. The number of aliphatic carboxylic acids is 1. The Morgan fingerprint density at radius 2 is 1.79 bits per heavy atom. The molecule has 8 heteroatoms. The van der Waals surface area contributed by atoms with Gasteiger partial charge < -0.3 is 20.3 Å². The maximum Gasteiger partial charge on any atom is 0.312 e. The number of piperidine rings is 1. The summed E-state index contributed by atoms with van der Waals surface area (Å²) in [5.41, 5.74) is 11.0. The van der Waals surface area contributed by atoms with Crippen LogP contribution in [0.2, 0.25) is 0 Å². The topological polar surface area (TPSA) is 114 Å². The van der Waals surface area contributed by atoms with Gasteiger partial charge in [0.25, 0.3) is 5.91 Å². The SMILES string of the molecule is Cc1ccc(-c2cccc(C(=O)N3CCC(Cn4cnc(C(Cc5ccc(N)nc5)C(=O)O)c4)CC3)c2)cc1. The fraction of sp³-hybridized carbons (Fsp3) is 0.290. The van der Waals surface area contributed by atoms with Crippen LogP contribution in [0.5, 0.6) is 0 Å². The molecule has 0 saturated carbocycles. The molecule has 5 rings (SSSR count). The van der Waals surface area contributed by atoms with E-state index >= 15 is 0 Å². The maximum atomic E-state index is 13.3. The number of rotatable bonds is 8. The average molecular weight is 524 g/mol. The number of nitrogens with zero attached hydrogens (tertiary/aromatic N) is 4. The minimum atomic E-state index is -0.921. The van der Waals surface area contributed by atoms with Crippen LogP contribution in [0.4, 0.5) is 5.82 Å². The third kappa shape index (κ3) is 6.34. The molecule has 3 N–H and O–H groups in total. The van der Waals surface area contributed by atoms with Gasteiger partial charge in [-0.1, -0.05) is 48.0 Å². The summed E-state index contributed by atoms with van der Waals surface area (Å²) in [6.45, 7) is 4.20. The van der Waals surface area contributed by atoms with Gasteiger partial charge in [0.2, 0.25) is 0 Å². The zero-order valence-corrected chi connectivity index (χ0v) is 22.0. The number of imidazole rings is 1. The molecular weight excluding hydrogens is 490 g/mol. The number of carbonyl (C=O) groups excluding carboxylic acids is 1. The van der Waals surface area contributed by atoms with E-state index in [1.165, 1.54) is 5.56 Å². The van der Waals surface area contributed by atoms with Gasteiger partial charge in [-0.2, -0.15) is 0 Å². The Kier molecular flexibility index (Phi) is 7.72. The van der Waals surface area contributed by atoms with E-state index in [9.17, 15) is 14.7 Å². The first-order valence-electron chi connectivity index (χ1n) is 13.3. The van der Waals surface area contributed by atoms with Crippen LogP contribution < -0.4 is 5.73 Å². The van der Waals surface area contributed by atoms with Crippen LogP contribution in [0.25, 0.3) is 11.1 Å². The molecule has 0 aliphatic carbocycles. The molecule has 200 valence electrons. The average Bonchev–Trinajstić information content (AvgIpc) is 3.41. The van der Waals surface area contributed by atoms with E-state index in [0.717, 1.165) is 36.1 Å². The molecular formula is C31H33N5O3. The number of hydrogen-bond donors (Lipinski definition) is 2. The smallest absolute Gasteiger partial charge is 0.312 e. The second-order valence-corrected chi connectivity index (χ2v) is 10.4. The van der Waals surface area contributed by atoms with Crippen molar-refractivity contribution in [2.75, 3.05) is 18.8 Å². The number of pyridine rings is 1. The largest absolute Gasteiger partial charge is 0.481 e. The highest BCUT2D eigenvalue weighted by atomic mass is 16.4. The van der Waals surface area contributed by atoms with Crippen molar-refractivity contribution in [1.29, 1.82) is 0 Å². The van der Waals surface area contributed by atoms with Gasteiger partial charge in [-0.3, -0.25) is 9.59 Å². The number of carboxylic acid groups (broad SMARTS) is 1. The van der Waals surface area contributed by atoms with Crippen LogP contribution in [-0.2, 0) is 17.8 Å². The summed E-state index contributed by atoms with van der Waals surface area (Å²) in [7, 11) is 0. The fourth-order valence-electron chi connectivity index (χ4n) is 5.15. The van der Waals surface area contributed by atoms with Gasteiger partial charge in [-0.05, 0) is 67.0 Å². The van der Waals surface area contributed by atoms with Gasteiger partial charge in [0.1, 0.15) is 11.7 Å². The number of likely N-dealkylation sites (tertiary alicyclic amines) is 1. The van der Waals surface area contributed by atoms with Gasteiger partial charge in [0.05, 0.1) is 12.0 Å². The molecule has 1 unspecified atom stereocenters. The zero-order valence-electron chi connectivity index (χ0n) is 22.0. The van der Waals surface area contributed by atoms with Crippen LogP contribution in [0, 0.1) is 12.8 Å². The summed E-state index contributed by atoms with van der Waals surface area (Å²) in [4.78, 5) is 35.6. The van der Waals surface area contributed by atoms with Crippen molar-refractivity contribution in [3.63, 3.8) is 0 Å². The molecule has 3 heterocycles. The van der Waals surface area contributed by atoms with Gasteiger partial charge in [0.15, 0.2) is 0 Å². The first-order chi connectivity index (χ1) is 18.9. The van der Waals surface area contributed by atoms with Gasteiger partial charge in [0, 0.05) is 37.6 Å². The van der Waals surface area contributed by atoms with Crippen molar-refractivity contribution < 1.29 is 14.7 Å². The van der Waals surface area contributed by atoms with Gasteiger partial charge in [-0.25, -0.2) is 9.97 Å². The molecule has 1 fully saturated rings. The number of carboxylic acids is 1. The Morgan fingerprint density at radius 3 is 2.49 bits per heavy atom. The zero-order chi connectivity index (χ0) is 27.4. The van der Waals surface area contributed by atoms with Crippen LogP contribution in [0.15, 0.2) is 79.4 Å². The third-order valence-corrected chi connectivity index (χ3v) is 7.46. The van der Waals surface area contributed by atoms with E-state index in [1.54, 1.807) is 24.7 Å². The van der Waals surface area contributed by atoms with Crippen LogP contribution >= 0.6 is 0 Å². The number of hydrogen-bond acceptors (Lipinski definition) is 5. The Labute approximate surface area is 228 Å². The van der Waals surface area contributed by atoms with E-state index in [4.69, 9.17) is 5.73 Å². The summed E-state index contributed by atoms with van der Waals surface area (Å²) in [6, 6.07) is 19.6. The number of aryl methyl sites for hydroxylation is 1. The molecule has 1 saturated heterocycles. The molecule has 1 amide bonds. The van der Waals surface area contributed by atoms with Crippen LogP contribution in [-0.4, -0.2) is 49.5 Å². The van der Waals surface area contributed by atoms with E-state index in [1.807, 2.05) is 39.9 Å². The molecule has 1 aliphatic rings. The normalized spacial score (nSPS) is 14.7. The predicted molar refractivity (Wildman–Crippen MR) is 150 cm³/mol. The van der Waals surface area contributed by atoms with Crippen molar-refractivity contribution in [2.24, 2.45) is 5.92 Å². The van der Waals surface area contributed by atoms with E-state index in [0.29, 0.717) is 42.5 Å². The predicted octanol–water partition coefficient (Wildman–Crippen LogP) is 4.80. The minimum Gasteiger partial charge on any atom is -0.481 e. The molecule has 1 aliphatic heterocycles. The maximum absolute atomic E-state index is 13.3. The molecule has 0 radical (unpaired) electrons. The first-order valence-corrected chi connectivity index (χ1v) is 13.3. The van der Waals surface area contributed by atoms with Gasteiger partial charge in [-0.15, -0.1) is 0 Å². The van der Waals surface area contributed by atoms with Crippen molar-refractivity contribution >= 4 is 17.7 Å². The van der Waals surface area contributed by atoms with Crippen LogP contribution in [0.1, 0.15) is 45.9 Å². The quantitative estimate of drug-likeness (QED) is 0.343. The monoisotopic (exact) mass is 523 g/mol. The Hall–Kier alpha value is -4.46. The summed E-state index contributed by atoms with van der Waals surface area (Å²) in [6.07, 6.45) is 7.21. The molecule has 8 nitrogen and oxygen atoms in total. The number of anilines is 1. The van der Waals surface area contributed by atoms with Crippen molar-refractivity contribution in [1.82, 2.24) is 19.4 Å². The number of aromatic nitrogens is 3. The molecule has 0 spiro atoms. The van der Waals surface area contributed by atoms with E-state index in [2.05, 4.69) is 41.2 Å². The molecule has 2 aromatic carbocycles. The number of nitrogens with two attached hydrogens (primary N) is 1. The summed E-state index contributed by atoms with van der Waals surface area (Å²) >= 11 is 0. The fourth-order valence-corrected chi connectivity index (χ4v) is 5.15. The lowest BCUT2D eigenvalue weighted by Crippen LogP contribution is -2.39. The highest BCUT2D eigenvalue weighted by Gasteiger charge is 2.26. The summed E-state index contributed by atoms with van der Waals surface area (Å²) in [5, 5.41) is 9.81. The molecule has 1 atom stereocenters. The first kappa shape index (κ1) is 26.2. The molecule has 4 aromatic rings. The van der Waals surface area contributed by atoms with Gasteiger partial charge >= 0.3 is 5.97 Å². The van der Waals surface area contributed by atoms with Crippen LogP contribution in [0.3, 0.4) is 0 Å². The Morgan fingerprint density at radius 1 is 1.03 bits per heavy atom. The highest BCUT2D eigenvalue weighted by molar-refractivity contribution is 5.95. The lowest BCUT2D eigenvalue weighted by Gasteiger charge is -2.32. The highest BCUT2D eigenvalue weighted by Crippen LogP contribution is 2.25. The number of benzene rings is 2. The van der Waals surface area contributed by atoms with Crippen molar-refractivity contribution in [3.05, 3.63) is 102 Å². The Balaban J connectivity index is 1.17.